The summed E-state index contributed by atoms with van der Waals surface area (Å²) in [7, 11) is 1.35. The van der Waals surface area contributed by atoms with Gasteiger partial charge in [-0.25, -0.2) is 4.39 Å². The molecule has 1 fully saturated rings. The van der Waals surface area contributed by atoms with Crippen molar-refractivity contribution in [1.29, 1.82) is 0 Å². The molecule has 0 spiro atoms. The van der Waals surface area contributed by atoms with Crippen molar-refractivity contribution in [3.05, 3.63) is 39.5 Å². The Kier molecular flexibility index (Phi) is 5.17. The Balaban J connectivity index is 2.35. The second-order valence-corrected chi connectivity index (χ2v) is 7.42. The second-order valence-electron chi connectivity index (χ2n) is 6.50. The minimum Gasteiger partial charge on any atom is -0.400 e. The molecule has 120 valence electrons. The quantitative estimate of drug-likeness (QED) is 0.818. The highest BCUT2D eigenvalue weighted by atomic mass is 79.9. The number of nitrogens with one attached hydrogen (secondary N) is 1. The molecule has 0 radical (unpaired) electrons. The topological polar surface area (TPSA) is 30.5 Å². The summed E-state index contributed by atoms with van der Waals surface area (Å²) in [6.07, 6.45) is 1.79. The van der Waals surface area contributed by atoms with E-state index in [4.69, 9.17) is 9.31 Å². The highest BCUT2D eigenvalue weighted by molar-refractivity contribution is 9.10. The fourth-order valence-corrected chi connectivity index (χ4v) is 2.60. The second kappa shape index (κ2) is 6.44. The largest absolute Gasteiger partial charge is 0.491 e. The lowest BCUT2D eigenvalue weighted by atomic mass is 9.77. The van der Waals surface area contributed by atoms with Gasteiger partial charge in [0.2, 0.25) is 0 Å². The lowest BCUT2D eigenvalue weighted by molar-refractivity contribution is 0.00578. The van der Waals surface area contributed by atoms with Gasteiger partial charge in [-0.05, 0) is 58.4 Å². The van der Waals surface area contributed by atoms with E-state index in [9.17, 15) is 4.39 Å². The van der Waals surface area contributed by atoms with Gasteiger partial charge in [0.05, 0.1) is 11.2 Å². The Bertz CT molecular complexity index is 574. The molecule has 2 rings (SSSR count). The van der Waals surface area contributed by atoms with Crippen molar-refractivity contribution in [1.82, 2.24) is 5.32 Å². The first-order chi connectivity index (χ1) is 10.2. The summed E-state index contributed by atoms with van der Waals surface area (Å²) in [6, 6.07) is 4.87. The molecule has 1 N–H and O–H groups in total. The molecule has 0 amide bonds. The van der Waals surface area contributed by atoms with Crippen LogP contribution >= 0.6 is 15.9 Å². The third-order valence-electron chi connectivity index (χ3n) is 4.24. The van der Waals surface area contributed by atoms with Gasteiger partial charge >= 0.3 is 7.12 Å². The Morgan fingerprint density at radius 1 is 1.27 bits per heavy atom. The Labute approximate surface area is 140 Å². The number of hydrogen-bond acceptors (Lipinski definition) is 3. The van der Waals surface area contributed by atoms with Crippen LogP contribution in [0.15, 0.2) is 28.1 Å². The van der Waals surface area contributed by atoms with Gasteiger partial charge in [-0.15, -0.1) is 0 Å². The molecule has 22 heavy (non-hydrogen) atoms. The highest BCUT2D eigenvalue weighted by Gasteiger charge is 2.52. The van der Waals surface area contributed by atoms with Crippen molar-refractivity contribution in [3.8, 4) is 0 Å². The van der Waals surface area contributed by atoms with Crippen LogP contribution in [0, 0.1) is 5.82 Å². The predicted molar refractivity (Wildman–Crippen MR) is 92.1 cm³/mol. The smallest absolute Gasteiger partial charge is 0.400 e. The van der Waals surface area contributed by atoms with E-state index in [2.05, 4.69) is 21.2 Å². The van der Waals surface area contributed by atoms with Gasteiger partial charge in [0.1, 0.15) is 5.82 Å². The maximum absolute atomic E-state index is 14.0. The fourth-order valence-electron chi connectivity index (χ4n) is 2.23. The molecule has 1 heterocycles. The zero-order valence-corrected chi connectivity index (χ0v) is 15.3. The van der Waals surface area contributed by atoms with Crippen LogP contribution in [-0.2, 0) is 9.31 Å². The van der Waals surface area contributed by atoms with Crippen molar-refractivity contribution in [2.24, 2.45) is 0 Å². The minimum absolute atomic E-state index is 0.270. The van der Waals surface area contributed by atoms with Crippen molar-refractivity contribution in [2.45, 2.75) is 38.9 Å². The molecule has 0 aliphatic carbocycles. The van der Waals surface area contributed by atoms with Crippen molar-refractivity contribution in [3.63, 3.8) is 0 Å². The molecule has 0 unspecified atom stereocenters. The van der Waals surface area contributed by atoms with Crippen molar-refractivity contribution >= 4 is 29.1 Å². The highest BCUT2D eigenvalue weighted by Crippen LogP contribution is 2.38. The number of rotatable bonds is 4. The summed E-state index contributed by atoms with van der Waals surface area (Å²) >= 11 is 3.37. The number of hydrogen-bond donors (Lipinski definition) is 1. The van der Waals surface area contributed by atoms with Crippen LogP contribution in [0.1, 0.15) is 33.3 Å². The van der Waals surface area contributed by atoms with Crippen molar-refractivity contribution < 1.29 is 13.7 Å². The molecule has 0 bridgehead atoms. The van der Waals surface area contributed by atoms with E-state index in [1.807, 2.05) is 34.7 Å². The van der Waals surface area contributed by atoms with E-state index in [-0.39, 0.29) is 5.82 Å². The fraction of sp³-hybridized carbons (Fsp3) is 0.500. The maximum Gasteiger partial charge on any atom is 0.491 e. The molecule has 1 aromatic rings. The molecule has 0 saturated carbocycles. The summed E-state index contributed by atoms with van der Waals surface area (Å²) in [5.74, 6) is -0.270. The molecular weight excluding hydrogens is 348 g/mol. The summed E-state index contributed by atoms with van der Waals surface area (Å²) in [4.78, 5) is 0. The third-order valence-corrected chi connectivity index (χ3v) is 4.73. The van der Waals surface area contributed by atoms with Crippen LogP contribution in [-0.4, -0.2) is 31.9 Å². The SMILES string of the molecule is CNCC(=Cc1cc(Br)ccc1F)B1OC(C)(C)C(C)(C)O1. The van der Waals surface area contributed by atoms with Crippen LogP contribution in [0.2, 0.25) is 0 Å². The Morgan fingerprint density at radius 3 is 2.41 bits per heavy atom. The number of likely N-dealkylation sites (N-methyl/N-ethyl adjacent to an activating group) is 1. The van der Waals surface area contributed by atoms with Crippen LogP contribution in [0.4, 0.5) is 4.39 Å². The molecule has 1 aliphatic rings. The van der Waals surface area contributed by atoms with E-state index in [0.29, 0.717) is 12.1 Å². The summed E-state index contributed by atoms with van der Waals surface area (Å²) in [6.45, 7) is 8.57. The molecule has 6 heteroatoms. The lowest BCUT2D eigenvalue weighted by Gasteiger charge is -2.32. The van der Waals surface area contributed by atoms with Crippen LogP contribution in [0.3, 0.4) is 0 Å². The monoisotopic (exact) mass is 369 g/mol. The maximum atomic E-state index is 14.0. The summed E-state index contributed by atoms with van der Waals surface area (Å²) in [5, 5.41) is 3.09. The molecule has 1 aromatic carbocycles. The molecule has 1 aliphatic heterocycles. The minimum atomic E-state index is -0.490. The van der Waals surface area contributed by atoms with E-state index in [1.165, 1.54) is 6.07 Å². The summed E-state index contributed by atoms with van der Waals surface area (Å²) in [5.41, 5.74) is 0.535. The van der Waals surface area contributed by atoms with Gasteiger partial charge in [-0.3, -0.25) is 0 Å². The first-order valence-electron chi connectivity index (χ1n) is 7.32. The van der Waals surface area contributed by atoms with Crippen molar-refractivity contribution in [2.75, 3.05) is 13.6 Å². The lowest BCUT2D eigenvalue weighted by Crippen LogP contribution is -2.41. The normalized spacial score (nSPS) is 20.5. The average molecular weight is 370 g/mol. The first kappa shape index (κ1) is 17.7. The summed E-state index contributed by atoms with van der Waals surface area (Å²) < 4.78 is 26.9. The molecule has 0 aromatic heterocycles. The Morgan fingerprint density at radius 2 is 1.86 bits per heavy atom. The van der Waals surface area contributed by atoms with Gasteiger partial charge in [0, 0.05) is 16.6 Å². The molecule has 1 saturated heterocycles. The number of halogens is 2. The van der Waals surface area contributed by atoms with Gasteiger partial charge in [0.25, 0.3) is 0 Å². The van der Waals surface area contributed by atoms with Gasteiger partial charge < -0.3 is 14.6 Å². The van der Waals surface area contributed by atoms with Gasteiger partial charge in [-0.2, -0.15) is 0 Å². The molecule has 0 atom stereocenters. The molecule has 3 nitrogen and oxygen atoms in total. The van der Waals surface area contributed by atoms with Crippen LogP contribution in [0.25, 0.3) is 6.08 Å². The zero-order chi connectivity index (χ0) is 16.5. The predicted octanol–water partition coefficient (Wildman–Crippen LogP) is 3.82. The van der Waals surface area contributed by atoms with E-state index < -0.39 is 18.3 Å². The average Bonchev–Trinajstić information content (AvgIpc) is 2.62. The first-order valence-corrected chi connectivity index (χ1v) is 8.11. The van der Waals surface area contributed by atoms with Gasteiger partial charge in [-0.1, -0.05) is 22.0 Å². The van der Waals surface area contributed by atoms with Gasteiger partial charge in [0.15, 0.2) is 0 Å². The Hall–Kier alpha value is -0.685. The van der Waals surface area contributed by atoms with Crippen LogP contribution < -0.4 is 5.32 Å². The third kappa shape index (κ3) is 3.62. The zero-order valence-electron chi connectivity index (χ0n) is 13.7. The van der Waals surface area contributed by atoms with E-state index in [0.717, 1.165) is 9.95 Å². The van der Waals surface area contributed by atoms with E-state index >= 15 is 0 Å². The molecular formula is C16H22BBrFNO2. The van der Waals surface area contributed by atoms with E-state index in [1.54, 1.807) is 18.2 Å². The van der Waals surface area contributed by atoms with Crippen LogP contribution in [0.5, 0.6) is 0 Å². The number of benzene rings is 1. The standard InChI is InChI=1S/C16H22BBrFNO2/c1-15(2)16(3,4)22-17(21-15)12(10-20-5)8-11-9-13(18)6-7-14(11)19/h6-9,20H,10H2,1-5H3.